The van der Waals surface area contributed by atoms with Crippen LogP contribution in [0.2, 0.25) is 0 Å². The van der Waals surface area contributed by atoms with E-state index in [9.17, 15) is 0 Å². The van der Waals surface area contributed by atoms with Gasteiger partial charge >= 0.3 is 0 Å². The molecule has 0 saturated carbocycles. The van der Waals surface area contributed by atoms with Gasteiger partial charge < -0.3 is 11.5 Å². The van der Waals surface area contributed by atoms with E-state index in [2.05, 4.69) is 41.5 Å². The van der Waals surface area contributed by atoms with Gasteiger partial charge in [-0.25, -0.2) is 0 Å². The van der Waals surface area contributed by atoms with Gasteiger partial charge in [0.05, 0.1) is 14.1 Å². The highest BCUT2D eigenvalue weighted by atomic mass is 14.7. The van der Waals surface area contributed by atoms with E-state index >= 15 is 0 Å². The van der Waals surface area contributed by atoms with Crippen molar-refractivity contribution in [2.45, 2.75) is 52.4 Å². The molecule has 1 aliphatic carbocycles. The number of anilines is 2. The van der Waals surface area contributed by atoms with Crippen molar-refractivity contribution in [2.75, 3.05) is 11.5 Å². The van der Waals surface area contributed by atoms with Gasteiger partial charge in [-0.3, -0.25) is 0 Å². The fourth-order valence-electron chi connectivity index (χ4n) is 2.87. The zero-order valence-corrected chi connectivity index (χ0v) is 11.7. The van der Waals surface area contributed by atoms with Gasteiger partial charge in [-0.05, 0) is 39.5 Å². The zero-order chi connectivity index (χ0) is 15.0. The highest BCUT2D eigenvalue weighted by molar-refractivity contribution is 5.69. The summed E-state index contributed by atoms with van der Waals surface area (Å²) in [6.45, 7) is 12.9. The van der Waals surface area contributed by atoms with Crippen molar-refractivity contribution in [2.24, 2.45) is 5.41 Å². The van der Waals surface area contributed by atoms with Crippen LogP contribution in [0.15, 0.2) is 12.1 Å². The van der Waals surface area contributed by atoms with E-state index in [1.54, 1.807) is 0 Å². The van der Waals surface area contributed by atoms with E-state index in [0.717, 1.165) is 11.1 Å². The van der Waals surface area contributed by atoms with Gasteiger partial charge in [0.15, 0.2) is 0 Å². The standard InChI is InChI=1S/C15H24N2/c1-13(2)9-7-11(16)12(17)8-10(9)14(3,4)15(13,5)6/h7-8H,16-17H2,1-6H3/i7D,8D. The maximum absolute atomic E-state index is 8.33. The van der Waals surface area contributed by atoms with E-state index in [0.29, 0.717) is 12.1 Å². The molecule has 0 aromatic heterocycles. The second-order valence-corrected chi connectivity index (χ2v) is 6.70. The van der Waals surface area contributed by atoms with Crippen LogP contribution in [0.5, 0.6) is 0 Å². The molecule has 1 aromatic rings. The van der Waals surface area contributed by atoms with Crippen LogP contribution in [0.25, 0.3) is 0 Å². The summed E-state index contributed by atoms with van der Waals surface area (Å²) < 4.78 is 16.7. The Labute approximate surface area is 107 Å². The van der Waals surface area contributed by atoms with Gasteiger partial charge in [0.2, 0.25) is 0 Å². The third-order valence-electron chi connectivity index (χ3n) is 5.43. The molecule has 1 aliphatic rings. The van der Waals surface area contributed by atoms with Crippen LogP contribution in [0.1, 0.15) is 55.4 Å². The van der Waals surface area contributed by atoms with Crippen molar-refractivity contribution >= 4 is 11.4 Å². The third-order valence-corrected chi connectivity index (χ3v) is 5.43. The lowest BCUT2D eigenvalue weighted by Gasteiger charge is -2.44. The molecule has 2 rings (SSSR count). The maximum Gasteiger partial charge on any atom is 0.0649 e. The third kappa shape index (κ3) is 1.21. The Morgan fingerprint density at radius 2 is 1.12 bits per heavy atom. The second kappa shape index (κ2) is 2.98. The predicted octanol–water partition coefficient (Wildman–Crippen LogP) is 3.45. The quantitative estimate of drug-likeness (QED) is 0.676. The number of nitrogens with two attached hydrogens (primary N) is 2. The van der Waals surface area contributed by atoms with Crippen molar-refractivity contribution < 1.29 is 2.74 Å². The second-order valence-electron chi connectivity index (χ2n) is 6.70. The minimum Gasteiger partial charge on any atom is -0.397 e. The fraction of sp³-hybridized carbons (Fsp3) is 0.600. The first kappa shape index (κ1) is 9.81. The smallest absolute Gasteiger partial charge is 0.0649 e. The number of hydrogen-bond acceptors (Lipinski definition) is 2. The average Bonchev–Trinajstić information content (AvgIpc) is 2.39. The molecule has 0 bridgehead atoms. The summed E-state index contributed by atoms with van der Waals surface area (Å²) in [7, 11) is 0. The Morgan fingerprint density at radius 3 is 1.41 bits per heavy atom. The van der Waals surface area contributed by atoms with E-state index in [1.165, 1.54) is 0 Å². The molecule has 0 aliphatic heterocycles. The van der Waals surface area contributed by atoms with Gasteiger partial charge in [-0.1, -0.05) is 41.5 Å². The first-order valence-corrected chi connectivity index (χ1v) is 6.08. The summed E-state index contributed by atoms with van der Waals surface area (Å²) in [5, 5.41) is 0. The molecule has 0 amide bonds. The monoisotopic (exact) mass is 234 g/mol. The van der Waals surface area contributed by atoms with Gasteiger partial charge in [0, 0.05) is 0 Å². The van der Waals surface area contributed by atoms with Crippen molar-refractivity contribution in [3.63, 3.8) is 0 Å². The molecule has 2 heteroatoms. The largest absolute Gasteiger partial charge is 0.397 e. The molecule has 0 atom stereocenters. The molecule has 4 N–H and O–H groups in total. The Balaban J connectivity index is 3.02. The summed E-state index contributed by atoms with van der Waals surface area (Å²) in [6.07, 6.45) is 0. The molecule has 2 nitrogen and oxygen atoms in total. The van der Waals surface area contributed by atoms with Crippen LogP contribution in [0, 0.1) is 5.41 Å². The number of rotatable bonds is 0. The molecule has 1 aromatic carbocycles. The molecule has 94 valence electrons. The number of hydrogen-bond donors (Lipinski definition) is 2. The Bertz CT molecular complexity index is 523. The molecule has 0 spiro atoms. The van der Waals surface area contributed by atoms with Crippen LogP contribution < -0.4 is 11.5 Å². The van der Waals surface area contributed by atoms with Crippen LogP contribution in [0.4, 0.5) is 11.4 Å². The number of nitrogen functional groups attached to an aromatic ring is 2. The fourth-order valence-corrected chi connectivity index (χ4v) is 2.87. The molecule has 0 fully saturated rings. The summed E-state index contributed by atoms with van der Waals surface area (Å²) in [5.74, 6) is 0. The lowest BCUT2D eigenvalue weighted by atomic mass is 9.59. The minimum absolute atomic E-state index is 0.0891. The zero-order valence-electron chi connectivity index (χ0n) is 13.7. The number of benzene rings is 1. The van der Waals surface area contributed by atoms with Crippen LogP contribution in [0.3, 0.4) is 0 Å². The lowest BCUT2D eigenvalue weighted by molar-refractivity contribution is 0.125. The highest BCUT2D eigenvalue weighted by Gasteiger charge is 2.56. The van der Waals surface area contributed by atoms with E-state index in [1.807, 2.05) is 0 Å². The Hall–Kier alpha value is -1.18. The summed E-state index contributed by atoms with van der Waals surface area (Å²) in [4.78, 5) is 0. The van der Waals surface area contributed by atoms with Crippen molar-refractivity contribution in [3.05, 3.63) is 23.2 Å². The normalized spacial score (nSPS) is 25.1. The van der Waals surface area contributed by atoms with Crippen LogP contribution in [-0.2, 0) is 10.8 Å². The molecule has 0 radical (unpaired) electrons. The summed E-state index contributed by atoms with van der Waals surface area (Å²) >= 11 is 0. The molecular formula is C15H24N2. The Morgan fingerprint density at radius 1 is 0.824 bits per heavy atom. The summed E-state index contributed by atoms with van der Waals surface area (Å²) in [6, 6.07) is 0.597. The van der Waals surface area contributed by atoms with Crippen molar-refractivity contribution in [1.82, 2.24) is 0 Å². The molecule has 0 heterocycles. The van der Waals surface area contributed by atoms with E-state index in [-0.39, 0.29) is 27.6 Å². The van der Waals surface area contributed by atoms with Crippen molar-refractivity contribution in [1.29, 1.82) is 0 Å². The van der Waals surface area contributed by atoms with Crippen LogP contribution in [-0.4, -0.2) is 0 Å². The van der Waals surface area contributed by atoms with Gasteiger partial charge in [0.25, 0.3) is 0 Å². The maximum atomic E-state index is 8.33. The average molecular weight is 234 g/mol. The summed E-state index contributed by atoms with van der Waals surface area (Å²) in [5.41, 5.74) is 13.6. The Kier molecular flexibility index (Phi) is 1.72. The predicted molar refractivity (Wildman–Crippen MR) is 75.1 cm³/mol. The molecule has 17 heavy (non-hydrogen) atoms. The van der Waals surface area contributed by atoms with E-state index in [4.69, 9.17) is 14.2 Å². The number of fused-ring (bicyclic) bond motifs is 1. The van der Waals surface area contributed by atoms with Gasteiger partial charge in [0.1, 0.15) is 0 Å². The first-order valence-electron chi connectivity index (χ1n) is 7.08. The van der Waals surface area contributed by atoms with Crippen molar-refractivity contribution in [3.8, 4) is 0 Å². The lowest BCUT2D eigenvalue weighted by Crippen LogP contribution is -2.42. The SMILES string of the molecule is [2H]c1c(N)c(N)c([2H])c2c1C(C)(C)C(C)(C)C2(C)C. The molecule has 0 saturated heterocycles. The molecule has 0 unspecified atom stereocenters. The van der Waals surface area contributed by atoms with Gasteiger partial charge in [-0.15, -0.1) is 0 Å². The van der Waals surface area contributed by atoms with E-state index < -0.39 is 0 Å². The first-order chi connectivity index (χ1) is 8.39. The minimum atomic E-state index is -0.222. The highest BCUT2D eigenvalue weighted by Crippen LogP contribution is 2.62. The van der Waals surface area contributed by atoms with Crippen LogP contribution >= 0.6 is 0 Å². The van der Waals surface area contributed by atoms with Gasteiger partial charge in [-0.2, -0.15) is 0 Å². The topological polar surface area (TPSA) is 52.0 Å². The molecular weight excluding hydrogens is 208 g/mol.